The molecule has 1 aliphatic rings. The van der Waals surface area contributed by atoms with Gasteiger partial charge in [0.25, 0.3) is 0 Å². The topological polar surface area (TPSA) is 44.1 Å². The number of esters is 1. The maximum Gasteiger partial charge on any atom is 0.309 e. The van der Waals surface area contributed by atoms with Gasteiger partial charge < -0.3 is 9.30 Å². The molecule has 1 heterocycles. The van der Waals surface area contributed by atoms with Crippen molar-refractivity contribution in [1.82, 2.24) is 9.55 Å². The summed E-state index contributed by atoms with van der Waals surface area (Å²) in [7, 11) is 0. The number of imidazole rings is 1. The van der Waals surface area contributed by atoms with Gasteiger partial charge >= 0.3 is 5.97 Å². The molecule has 0 N–H and O–H groups in total. The van der Waals surface area contributed by atoms with Gasteiger partial charge in [-0.2, -0.15) is 0 Å². The highest BCUT2D eigenvalue weighted by atomic mass is 16.5. The van der Waals surface area contributed by atoms with Gasteiger partial charge in [0.1, 0.15) is 12.4 Å². The molecule has 0 spiro atoms. The molecule has 1 saturated carbocycles. The van der Waals surface area contributed by atoms with Crippen LogP contribution in [0.25, 0.3) is 0 Å². The summed E-state index contributed by atoms with van der Waals surface area (Å²) in [6, 6.07) is 10.2. The van der Waals surface area contributed by atoms with Crippen LogP contribution in [0.2, 0.25) is 0 Å². The SMILES string of the molecule is C[C@H]1C[C@H]1C(=O)OCc1nccn1Cc1ccccc1. The molecular formula is C16H18N2O2. The lowest BCUT2D eigenvalue weighted by molar-refractivity contribution is -0.147. The van der Waals surface area contributed by atoms with Crippen LogP contribution in [-0.4, -0.2) is 15.5 Å². The molecule has 0 bridgehead atoms. The predicted molar refractivity (Wildman–Crippen MR) is 74.8 cm³/mol. The fourth-order valence-electron chi connectivity index (χ4n) is 2.30. The van der Waals surface area contributed by atoms with E-state index in [4.69, 9.17) is 4.74 Å². The average Bonchev–Trinajstić information content (AvgIpc) is 3.03. The fraction of sp³-hybridized carbons (Fsp3) is 0.375. The Morgan fingerprint density at radius 2 is 2.15 bits per heavy atom. The van der Waals surface area contributed by atoms with Crippen LogP contribution in [0.15, 0.2) is 42.7 Å². The first-order valence-electron chi connectivity index (χ1n) is 6.94. The van der Waals surface area contributed by atoms with Crippen molar-refractivity contribution >= 4 is 5.97 Å². The van der Waals surface area contributed by atoms with Crippen LogP contribution >= 0.6 is 0 Å². The first kappa shape index (κ1) is 12.9. The summed E-state index contributed by atoms with van der Waals surface area (Å²) < 4.78 is 7.35. The van der Waals surface area contributed by atoms with Crippen molar-refractivity contribution in [3.05, 3.63) is 54.1 Å². The first-order chi connectivity index (χ1) is 9.74. The number of rotatable bonds is 5. The van der Waals surface area contributed by atoms with E-state index in [0.29, 0.717) is 5.92 Å². The lowest BCUT2D eigenvalue weighted by Crippen LogP contribution is -2.11. The quantitative estimate of drug-likeness (QED) is 0.784. The maximum absolute atomic E-state index is 11.7. The Labute approximate surface area is 118 Å². The zero-order valence-corrected chi connectivity index (χ0v) is 11.5. The van der Waals surface area contributed by atoms with Gasteiger partial charge in [-0.25, -0.2) is 4.98 Å². The van der Waals surface area contributed by atoms with Crippen molar-refractivity contribution in [3.8, 4) is 0 Å². The number of aromatic nitrogens is 2. The minimum Gasteiger partial charge on any atom is -0.457 e. The van der Waals surface area contributed by atoms with Crippen LogP contribution in [0, 0.1) is 11.8 Å². The number of carbonyl (C=O) groups excluding carboxylic acids is 1. The number of benzene rings is 1. The summed E-state index contributed by atoms with van der Waals surface area (Å²) in [5, 5.41) is 0. The van der Waals surface area contributed by atoms with Crippen LogP contribution in [0.1, 0.15) is 24.7 Å². The molecule has 0 radical (unpaired) electrons. The molecule has 2 atom stereocenters. The molecule has 0 aliphatic heterocycles. The third-order valence-electron chi connectivity index (χ3n) is 3.75. The molecule has 1 aromatic carbocycles. The lowest BCUT2D eigenvalue weighted by atomic mass is 10.2. The van der Waals surface area contributed by atoms with E-state index in [9.17, 15) is 4.79 Å². The van der Waals surface area contributed by atoms with Crippen molar-refractivity contribution in [2.24, 2.45) is 11.8 Å². The van der Waals surface area contributed by atoms with E-state index in [-0.39, 0.29) is 18.5 Å². The van der Waals surface area contributed by atoms with Gasteiger partial charge in [-0.05, 0) is 17.9 Å². The van der Waals surface area contributed by atoms with Crippen LogP contribution in [0.4, 0.5) is 0 Å². The van der Waals surface area contributed by atoms with Gasteiger partial charge in [0, 0.05) is 18.9 Å². The van der Waals surface area contributed by atoms with Crippen LogP contribution in [0.3, 0.4) is 0 Å². The second-order valence-electron chi connectivity index (χ2n) is 5.38. The van der Waals surface area contributed by atoms with Gasteiger partial charge in [-0.15, -0.1) is 0 Å². The van der Waals surface area contributed by atoms with E-state index >= 15 is 0 Å². The van der Waals surface area contributed by atoms with Crippen LogP contribution in [-0.2, 0) is 22.7 Å². The maximum atomic E-state index is 11.7. The number of hydrogen-bond donors (Lipinski definition) is 0. The van der Waals surface area contributed by atoms with E-state index in [0.717, 1.165) is 18.8 Å². The molecule has 20 heavy (non-hydrogen) atoms. The van der Waals surface area contributed by atoms with Gasteiger partial charge in [0.15, 0.2) is 0 Å². The van der Waals surface area contributed by atoms with Crippen molar-refractivity contribution in [2.75, 3.05) is 0 Å². The van der Waals surface area contributed by atoms with E-state index in [1.807, 2.05) is 29.0 Å². The number of nitrogens with zero attached hydrogens (tertiary/aromatic N) is 2. The Hall–Kier alpha value is -2.10. The van der Waals surface area contributed by atoms with Crippen molar-refractivity contribution in [2.45, 2.75) is 26.5 Å². The van der Waals surface area contributed by atoms with Crippen LogP contribution in [0.5, 0.6) is 0 Å². The molecule has 3 rings (SSSR count). The second-order valence-corrected chi connectivity index (χ2v) is 5.38. The summed E-state index contributed by atoms with van der Waals surface area (Å²) in [6.07, 6.45) is 4.61. The second kappa shape index (κ2) is 5.49. The van der Waals surface area contributed by atoms with Crippen molar-refractivity contribution in [3.63, 3.8) is 0 Å². The molecule has 104 valence electrons. The van der Waals surface area contributed by atoms with Gasteiger partial charge in [0.2, 0.25) is 0 Å². The lowest BCUT2D eigenvalue weighted by Gasteiger charge is -2.08. The molecule has 1 aromatic heterocycles. The number of carbonyl (C=O) groups is 1. The largest absolute Gasteiger partial charge is 0.457 e. The summed E-state index contributed by atoms with van der Waals surface area (Å²) >= 11 is 0. The zero-order valence-electron chi connectivity index (χ0n) is 11.5. The monoisotopic (exact) mass is 270 g/mol. The highest BCUT2D eigenvalue weighted by molar-refractivity contribution is 5.75. The van der Waals surface area contributed by atoms with Gasteiger partial charge in [-0.3, -0.25) is 4.79 Å². The van der Waals surface area contributed by atoms with Gasteiger partial charge in [-0.1, -0.05) is 37.3 Å². The van der Waals surface area contributed by atoms with Crippen molar-refractivity contribution < 1.29 is 9.53 Å². The summed E-state index contributed by atoms with van der Waals surface area (Å²) in [5.41, 5.74) is 1.20. The molecule has 0 saturated heterocycles. The molecule has 0 amide bonds. The van der Waals surface area contributed by atoms with E-state index in [2.05, 4.69) is 24.0 Å². The van der Waals surface area contributed by atoms with Crippen molar-refractivity contribution in [1.29, 1.82) is 0 Å². The Kier molecular flexibility index (Phi) is 3.54. The van der Waals surface area contributed by atoms with E-state index < -0.39 is 0 Å². The molecule has 4 nitrogen and oxygen atoms in total. The minimum atomic E-state index is -0.0910. The zero-order chi connectivity index (χ0) is 13.9. The normalized spacial score (nSPS) is 20.6. The first-order valence-corrected chi connectivity index (χ1v) is 6.94. The molecule has 1 aliphatic carbocycles. The Bertz CT molecular complexity index is 592. The Balaban J connectivity index is 1.60. The Morgan fingerprint density at radius 3 is 2.85 bits per heavy atom. The Morgan fingerprint density at radius 1 is 1.40 bits per heavy atom. The number of ether oxygens (including phenoxy) is 1. The molecule has 1 fully saturated rings. The van der Waals surface area contributed by atoms with Gasteiger partial charge in [0.05, 0.1) is 5.92 Å². The molecule has 2 aromatic rings. The summed E-state index contributed by atoms with van der Waals surface area (Å²) in [5.74, 6) is 1.28. The molecular weight excluding hydrogens is 252 g/mol. The number of hydrogen-bond acceptors (Lipinski definition) is 3. The van der Waals surface area contributed by atoms with Crippen LogP contribution < -0.4 is 0 Å². The van der Waals surface area contributed by atoms with E-state index in [1.54, 1.807) is 6.20 Å². The smallest absolute Gasteiger partial charge is 0.309 e. The predicted octanol–water partition coefficient (Wildman–Crippen LogP) is 2.63. The highest BCUT2D eigenvalue weighted by Gasteiger charge is 2.40. The molecule has 0 unspecified atom stereocenters. The van der Waals surface area contributed by atoms with E-state index in [1.165, 1.54) is 5.56 Å². The standard InChI is InChI=1S/C16H18N2O2/c1-12-9-14(12)16(19)20-11-15-17-7-8-18(15)10-13-5-3-2-4-6-13/h2-8,12,14H,9-11H2,1H3/t12-,14+/m0/s1. The fourth-order valence-corrected chi connectivity index (χ4v) is 2.30. The average molecular weight is 270 g/mol. The minimum absolute atomic E-state index is 0.0910. The summed E-state index contributed by atoms with van der Waals surface area (Å²) in [6.45, 7) is 3.07. The molecule has 4 heteroatoms. The highest BCUT2D eigenvalue weighted by Crippen LogP contribution is 2.38. The summed E-state index contributed by atoms with van der Waals surface area (Å²) in [4.78, 5) is 16.0. The third kappa shape index (κ3) is 2.90. The third-order valence-corrected chi connectivity index (χ3v) is 3.75.